The summed E-state index contributed by atoms with van der Waals surface area (Å²) in [5.41, 5.74) is -0.0885. The fourth-order valence-electron chi connectivity index (χ4n) is 1.40. The van der Waals surface area contributed by atoms with Gasteiger partial charge in [-0.05, 0) is 35.9 Å². The first kappa shape index (κ1) is 14.6. The maximum absolute atomic E-state index is 11.8. The van der Waals surface area contributed by atoms with Gasteiger partial charge in [-0.15, -0.1) is 0 Å². The van der Waals surface area contributed by atoms with Gasteiger partial charge in [-0.3, -0.25) is 4.79 Å². The maximum atomic E-state index is 11.8. The number of rotatable bonds is 5. The van der Waals surface area contributed by atoms with Crippen molar-refractivity contribution in [3.8, 4) is 0 Å². The van der Waals surface area contributed by atoms with Crippen LogP contribution in [0.3, 0.4) is 0 Å². The molecule has 1 atom stereocenters. The average Bonchev–Trinajstić information content (AvgIpc) is 2.34. The number of ether oxygens (including phenoxy) is 2. The van der Waals surface area contributed by atoms with E-state index in [0.717, 1.165) is 6.42 Å². The fraction of sp³-hybridized carbons (Fsp3) is 0.636. The van der Waals surface area contributed by atoms with Crippen LogP contribution in [-0.4, -0.2) is 24.2 Å². The number of H-pyrrole nitrogens is 1. The predicted molar refractivity (Wildman–Crippen MR) is 72.9 cm³/mol. The Morgan fingerprint density at radius 1 is 1.47 bits per heavy atom. The van der Waals surface area contributed by atoms with Crippen molar-refractivity contribution in [2.24, 2.45) is 0 Å². The normalized spacial score (nSPS) is 14.6. The summed E-state index contributed by atoms with van der Waals surface area (Å²) in [5.74, 6) is 0.542. The van der Waals surface area contributed by atoms with Crippen LogP contribution in [-0.2, 0) is 21.7 Å². The van der Waals surface area contributed by atoms with Gasteiger partial charge in [0, 0.05) is 14.2 Å². The first-order valence-corrected chi connectivity index (χ1v) is 6.39. The zero-order valence-electron chi connectivity index (χ0n) is 10.5. The highest BCUT2D eigenvalue weighted by Crippen LogP contribution is 2.24. The lowest BCUT2D eigenvalue weighted by Crippen LogP contribution is -2.31. The Morgan fingerprint density at radius 3 is 2.59 bits per heavy atom. The number of aromatic nitrogens is 2. The minimum Gasteiger partial charge on any atom is -0.378 e. The second-order valence-electron chi connectivity index (χ2n) is 3.90. The number of methoxy groups -OCH3 is 2. The zero-order valence-corrected chi connectivity index (χ0v) is 12.6. The fourth-order valence-corrected chi connectivity index (χ4v) is 1.81. The minimum absolute atomic E-state index is 0.153. The summed E-state index contributed by atoms with van der Waals surface area (Å²) in [6, 6.07) is 0. The Bertz CT molecular complexity index is 441. The van der Waals surface area contributed by atoms with Crippen molar-refractivity contribution in [3.63, 3.8) is 0 Å². The molecule has 0 saturated carbocycles. The quantitative estimate of drug-likeness (QED) is 0.821. The van der Waals surface area contributed by atoms with Crippen LogP contribution in [0, 0.1) is 3.57 Å². The molecule has 0 spiro atoms. The largest absolute Gasteiger partial charge is 0.378 e. The van der Waals surface area contributed by atoms with Crippen LogP contribution in [0.25, 0.3) is 0 Å². The van der Waals surface area contributed by atoms with Crippen molar-refractivity contribution < 1.29 is 9.47 Å². The van der Waals surface area contributed by atoms with E-state index in [-0.39, 0.29) is 5.56 Å². The highest BCUT2D eigenvalue weighted by Gasteiger charge is 2.28. The summed E-state index contributed by atoms with van der Waals surface area (Å²) in [7, 11) is 3.19. The molecule has 0 amide bonds. The predicted octanol–water partition coefficient (Wildman–Crippen LogP) is 1.79. The standard InChI is InChI=1S/C11H17IN2O3/c1-5-11(2,17-4)10-13-7(6-16-3)8(12)9(15)14-10/h5-6H2,1-4H3,(H,13,14,15). The van der Waals surface area contributed by atoms with E-state index >= 15 is 0 Å². The van der Waals surface area contributed by atoms with E-state index in [4.69, 9.17) is 9.47 Å². The zero-order chi connectivity index (χ0) is 13.1. The van der Waals surface area contributed by atoms with Gasteiger partial charge in [-0.1, -0.05) is 6.92 Å². The molecule has 0 radical (unpaired) electrons. The Labute approximate surface area is 114 Å². The van der Waals surface area contributed by atoms with Crippen LogP contribution >= 0.6 is 22.6 Å². The lowest BCUT2D eigenvalue weighted by atomic mass is 10.0. The van der Waals surface area contributed by atoms with Crippen molar-refractivity contribution in [2.75, 3.05) is 14.2 Å². The Kier molecular flexibility index (Phi) is 5.08. The van der Waals surface area contributed by atoms with E-state index in [9.17, 15) is 4.79 Å². The Balaban J connectivity index is 3.32. The first-order valence-electron chi connectivity index (χ1n) is 5.31. The summed E-state index contributed by atoms with van der Waals surface area (Å²) < 4.78 is 11.0. The van der Waals surface area contributed by atoms with E-state index in [1.807, 2.05) is 36.4 Å². The Morgan fingerprint density at radius 2 is 2.12 bits per heavy atom. The summed E-state index contributed by atoms with van der Waals surface area (Å²) >= 11 is 1.97. The van der Waals surface area contributed by atoms with Crippen LogP contribution < -0.4 is 5.56 Å². The van der Waals surface area contributed by atoms with Crippen molar-refractivity contribution in [3.05, 3.63) is 25.4 Å². The van der Waals surface area contributed by atoms with Crippen LogP contribution in [0.1, 0.15) is 31.8 Å². The monoisotopic (exact) mass is 352 g/mol. The smallest absolute Gasteiger partial charge is 0.264 e. The first-order chi connectivity index (χ1) is 7.98. The highest BCUT2D eigenvalue weighted by molar-refractivity contribution is 14.1. The van der Waals surface area contributed by atoms with Gasteiger partial charge in [0.1, 0.15) is 15.0 Å². The molecule has 1 aromatic heterocycles. The van der Waals surface area contributed by atoms with Gasteiger partial charge in [0.05, 0.1) is 12.3 Å². The second kappa shape index (κ2) is 5.92. The molecule has 0 aliphatic carbocycles. The number of hydrogen-bond donors (Lipinski definition) is 1. The molecule has 0 aliphatic heterocycles. The van der Waals surface area contributed by atoms with E-state index in [1.54, 1.807) is 14.2 Å². The number of aromatic amines is 1. The summed E-state index contributed by atoms with van der Waals surface area (Å²) in [6.07, 6.45) is 0.722. The van der Waals surface area contributed by atoms with Gasteiger partial charge in [-0.2, -0.15) is 0 Å². The Hall–Kier alpha value is -0.470. The van der Waals surface area contributed by atoms with Crippen LogP contribution in [0.2, 0.25) is 0 Å². The second-order valence-corrected chi connectivity index (χ2v) is 4.98. The van der Waals surface area contributed by atoms with Crippen molar-refractivity contribution in [1.29, 1.82) is 0 Å². The SMILES string of the molecule is CCC(C)(OC)c1nc(COC)c(I)c(=O)[nH]1. The molecule has 0 saturated heterocycles. The van der Waals surface area contributed by atoms with E-state index in [1.165, 1.54) is 0 Å². The van der Waals surface area contributed by atoms with Gasteiger partial charge in [0.2, 0.25) is 0 Å². The lowest BCUT2D eigenvalue weighted by Gasteiger charge is -2.25. The number of halogens is 1. The summed E-state index contributed by atoms with van der Waals surface area (Å²) in [5, 5.41) is 0. The molecule has 1 rings (SSSR count). The van der Waals surface area contributed by atoms with Gasteiger partial charge in [-0.25, -0.2) is 4.98 Å². The molecule has 6 heteroatoms. The third kappa shape index (κ3) is 3.05. The van der Waals surface area contributed by atoms with Gasteiger partial charge >= 0.3 is 0 Å². The van der Waals surface area contributed by atoms with Crippen LogP contribution in [0.4, 0.5) is 0 Å². The maximum Gasteiger partial charge on any atom is 0.264 e. The minimum atomic E-state index is -0.577. The molecule has 17 heavy (non-hydrogen) atoms. The highest BCUT2D eigenvalue weighted by atomic mass is 127. The third-order valence-corrected chi connectivity index (χ3v) is 3.95. The van der Waals surface area contributed by atoms with Crippen LogP contribution in [0.5, 0.6) is 0 Å². The molecule has 1 aromatic rings. The van der Waals surface area contributed by atoms with E-state index < -0.39 is 5.60 Å². The summed E-state index contributed by atoms with van der Waals surface area (Å²) in [4.78, 5) is 19.0. The molecule has 0 bridgehead atoms. The van der Waals surface area contributed by atoms with Gasteiger partial charge in [0.25, 0.3) is 5.56 Å². The van der Waals surface area contributed by atoms with Gasteiger partial charge < -0.3 is 14.5 Å². The molecular formula is C11H17IN2O3. The number of hydrogen-bond acceptors (Lipinski definition) is 4. The van der Waals surface area contributed by atoms with Gasteiger partial charge in [0.15, 0.2) is 0 Å². The number of nitrogens with one attached hydrogen (secondary N) is 1. The van der Waals surface area contributed by atoms with Crippen molar-refractivity contribution in [1.82, 2.24) is 9.97 Å². The van der Waals surface area contributed by atoms with E-state index in [0.29, 0.717) is 21.7 Å². The third-order valence-electron chi connectivity index (χ3n) is 2.84. The summed E-state index contributed by atoms with van der Waals surface area (Å²) in [6.45, 7) is 4.20. The molecule has 0 aliphatic rings. The molecule has 0 aromatic carbocycles. The molecule has 0 fully saturated rings. The van der Waals surface area contributed by atoms with E-state index in [2.05, 4.69) is 9.97 Å². The van der Waals surface area contributed by atoms with Crippen LogP contribution in [0.15, 0.2) is 4.79 Å². The molecule has 96 valence electrons. The molecule has 5 nitrogen and oxygen atoms in total. The topological polar surface area (TPSA) is 64.2 Å². The molecular weight excluding hydrogens is 335 g/mol. The molecule has 1 N–H and O–H groups in total. The molecule has 1 unspecified atom stereocenters. The number of nitrogens with zero attached hydrogens (tertiary/aromatic N) is 1. The van der Waals surface area contributed by atoms with Crippen molar-refractivity contribution >= 4 is 22.6 Å². The van der Waals surface area contributed by atoms with Crippen molar-refractivity contribution in [2.45, 2.75) is 32.5 Å². The lowest BCUT2D eigenvalue weighted by molar-refractivity contribution is -0.00966. The molecule has 1 heterocycles. The average molecular weight is 352 g/mol.